The molecule has 1 saturated carbocycles. The summed E-state index contributed by atoms with van der Waals surface area (Å²) in [5.41, 5.74) is 4.37. The van der Waals surface area contributed by atoms with Gasteiger partial charge in [0.25, 0.3) is 6.34 Å². The summed E-state index contributed by atoms with van der Waals surface area (Å²) in [5.74, 6) is 0.0269. The van der Waals surface area contributed by atoms with Crippen molar-refractivity contribution in [3.05, 3.63) is 89.0 Å². The normalized spacial score (nSPS) is 31.6. The van der Waals surface area contributed by atoms with E-state index < -0.39 is 16.7 Å². The molecule has 0 spiro atoms. The first-order chi connectivity index (χ1) is 18.8. The van der Waals surface area contributed by atoms with Crippen molar-refractivity contribution in [3.63, 3.8) is 0 Å². The van der Waals surface area contributed by atoms with E-state index in [0.717, 1.165) is 45.3 Å². The van der Waals surface area contributed by atoms with E-state index >= 15 is 0 Å². The first-order valence-electron chi connectivity index (χ1n) is 14.0. The highest BCUT2D eigenvalue weighted by atomic mass is 16.6. The number of benzene rings is 4. The summed E-state index contributed by atoms with van der Waals surface area (Å²) in [4.78, 5) is 5.07. The van der Waals surface area contributed by atoms with Gasteiger partial charge in [-0.2, -0.15) is 0 Å². The molecule has 3 heterocycles. The molecule has 4 aromatic rings. The number of nitrogens with zero attached hydrogens (tertiary/aromatic N) is 2. The van der Waals surface area contributed by atoms with Gasteiger partial charge in [-0.05, 0) is 59.5 Å². The lowest BCUT2D eigenvalue weighted by atomic mass is 9.76. The Morgan fingerprint density at radius 3 is 2.46 bits per heavy atom. The molecular formula is C34H33N2O3+. The van der Waals surface area contributed by atoms with Gasteiger partial charge in [0.15, 0.2) is 11.3 Å². The summed E-state index contributed by atoms with van der Waals surface area (Å²) in [6.07, 6.45) is 2.60. The van der Waals surface area contributed by atoms with Crippen molar-refractivity contribution >= 4 is 33.6 Å². The molecule has 39 heavy (non-hydrogen) atoms. The first-order valence-corrected chi connectivity index (χ1v) is 14.0. The maximum Gasteiger partial charge on any atom is 0.282 e. The van der Waals surface area contributed by atoms with Crippen molar-refractivity contribution in [3.8, 4) is 5.75 Å². The molecule has 0 bridgehead atoms. The lowest BCUT2D eigenvalue weighted by molar-refractivity contribution is -0.491. The Bertz CT molecular complexity index is 1810. The molecule has 196 valence electrons. The van der Waals surface area contributed by atoms with Gasteiger partial charge >= 0.3 is 0 Å². The highest BCUT2D eigenvalue weighted by molar-refractivity contribution is 6.11. The van der Waals surface area contributed by atoms with Gasteiger partial charge in [0, 0.05) is 23.6 Å². The number of aliphatic imine (C=N–C) groups is 1. The molecule has 0 saturated heterocycles. The van der Waals surface area contributed by atoms with E-state index in [1.807, 2.05) is 6.34 Å². The third-order valence-electron chi connectivity index (χ3n) is 10.2. The minimum absolute atomic E-state index is 0.147. The van der Waals surface area contributed by atoms with E-state index in [0.29, 0.717) is 5.92 Å². The SMILES string of the molecule is COC1(O)C2(C)c3c(cc(CC(C)C)c4ccccc34)C3=[N+](C=NC4c5ccc6ccccc6c5OC34)C12C. The van der Waals surface area contributed by atoms with E-state index in [1.54, 1.807) is 7.11 Å². The Kier molecular flexibility index (Phi) is 4.40. The predicted octanol–water partition coefficient (Wildman–Crippen LogP) is 5.92. The van der Waals surface area contributed by atoms with E-state index in [1.165, 1.54) is 16.3 Å². The van der Waals surface area contributed by atoms with Crippen molar-refractivity contribution < 1.29 is 19.2 Å². The van der Waals surface area contributed by atoms with Crippen LogP contribution in [0.2, 0.25) is 0 Å². The van der Waals surface area contributed by atoms with Crippen LogP contribution in [0.15, 0.2) is 71.7 Å². The molecule has 0 amide bonds. The van der Waals surface area contributed by atoms with Gasteiger partial charge in [0.05, 0.1) is 0 Å². The van der Waals surface area contributed by atoms with Gasteiger partial charge < -0.3 is 14.6 Å². The van der Waals surface area contributed by atoms with Crippen LogP contribution in [0.25, 0.3) is 21.5 Å². The van der Waals surface area contributed by atoms with Crippen molar-refractivity contribution in [2.75, 3.05) is 7.11 Å². The largest absolute Gasteiger partial charge is 0.476 e. The summed E-state index contributed by atoms with van der Waals surface area (Å²) in [6, 6.07) is 23.6. The zero-order valence-corrected chi connectivity index (χ0v) is 23.0. The molecule has 1 fully saturated rings. The molecule has 1 aliphatic carbocycles. The fourth-order valence-electron chi connectivity index (χ4n) is 8.16. The van der Waals surface area contributed by atoms with Crippen LogP contribution in [-0.4, -0.2) is 46.3 Å². The Labute approximate surface area is 228 Å². The average Bonchev–Trinajstić information content (AvgIpc) is 3.19. The number of methoxy groups -OCH3 is 1. The molecule has 3 aliphatic heterocycles. The molecule has 5 atom stereocenters. The molecule has 5 unspecified atom stereocenters. The highest BCUT2D eigenvalue weighted by Crippen LogP contribution is 2.71. The molecular weight excluding hydrogens is 484 g/mol. The van der Waals surface area contributed by atoms with Crippen LogP contribution in [0.4, 0.5) is 0 Å². The Morgan fingerprint density at radius 1 is 1.00 bits per heavy atom. The predicted molar refractivity (Wildman–Crippen MR) is 154 cm³/mol. The summed E-state index contributed by atoms with van der Waals surface area (Å²) >= 11 is 0. The average molecular weight is 518 g/mol. The maximum atomic E-state index is 12.2. The molecule has 5 nitrogen and oxygen atoms in total. The van der Waals surface area contributed by atoms with Gasteiger partial charge in [0.1, 0.15) is 11.2 Å². The Morgan fingerprint density at radius 2 is 1.72 bits per heavy atom. The molecule has 4 aliphatic rings. The molecule has 0 radical (unpaired) electrons. The topological polar surface area (TPSA) is 54.1 Å². The minimum atomic E-state index is -1.39. The number of hydrogen-bond acceptors (Lipinski definition) is 4. The summed E-state index contributed by atoms with van der Waals surface area (Å²) in [7, 11) is 1.61. The molecule has 8 rings (SSSR count). The van der Waals surface area contributed by atoms with Gasteiger partial charge in [0.2, 0.25) is 17.9 Å². The lowest BCUT2D eigenvalue weighted by Crippen LogP contribution is -2.50. The molecule has 4 aromatic carbocycles. The fourth-order valence-corrected chi connectivity index (χ4v) is 8.16. The maximum absolute atomic E-state index is 12.2. The van der Waals surface area contributed by atoms with E-state index in [-0.39, 0.29) is 12.1 Å². The second-order valence-corrected chi connectivity index (χ2v) is 12.4. The second kappa shape index (κ2) is 7.35. The standard InChI is InChI=1S/C34H33N2O3/c1-19(2)16-21-17-26-27(24-13-9-8-11-22(21)24)32(3)33(4,34(32,37)38-5)36-18-35-28-25-15-14-20-10-6-7-12-23(20)30(25)39-31(28)29(26)36/h6-15,17-19,28,31,37H,16H2,1-5H3/q+1. The Hall–Kier alpha value is -3.54. The van der Waals surface area contributed by atoms with Crippen LogP contribution in [0.3, 0.4) is 0 Å². The van der Waals surface area contributed by atoms with Crippen molar-refractivity contribution in [2.45, 2.75) is 63.0 Å². The van der Waals surface area contributed by atoms with Crippen LogP contribution in [-0.2, 0) is 16.6 Å². The van der Waals surface area contributed by atoms with Crippen LogP contribution in [0.1, 0.15) is 56.0 Å². The van der Waals surface area contributed by atoms with E-state index in [2.05, 4.69) is 99.0 Å². The zero-order valence-electron chi connectivity index (χ0n) is 23.0. The van der Waals surface area contributed by atoms with Crippen LogP contribution in [0.5, 0.6) is 5.75 Å². The van der Waals surface area contributed by atoms with Gasteiger partial charge in [-0.3, -0.25) is 0 Å². The van der Waals surface area contributed by atoms with Crippen LogP contribution in [0, 0.1) is 5.92 Å². The molecule has 1 N–H and O–H groups in total. The van der Waals surface area contributed by atoms with Gasteiger partial charge in [-0.25, -0.2) is 4.58 Å². The van der Waals surface area contributed by atoms with Gasteiger partial charge in [-0.15, -0.1) is 0 Å². The monoisotopic (exact) mass is 517 g/mol. The number of hydrogen-bond donors (Lipinski definition) is 1. The van der Waals surface area contributed by atoms with Crippen molar-refractivity contribution in [2.24, 2.45) is 10.9 Å². The van der Waals surface area contributed by atoms with Crippen molar-refractivity contribution in [1.29, 1.82) is 0 Å². The van der Waals surface area contributed by atoms with Gasteiger partial charge in [-0.1, -0.05) is 79.5 Å². The van der Waals surface area contributed by atoms with Crippen molar-refractivity contribution in [1.82, 2.24) is 0 Å². The second-order valence-electron chi connectivity index (χ2n) is 12.4. The lowest BCUT2D eigenvalue weighted by Gasteiger charge is -2.33. The van der Waals surface area contributed by atoms with E-state index in [9.17, 15) is 5.11 Å². The zero-order chi connectivity index (χ0) is 26.9. The van der Waals surface area contributed by atoms with Crippen LogP contribution < -0.4 is 4.74 Å². The number of ether oxygens (including phenoxy) is 2. The quantitative estimate of drug-likeness (QED) is 0.271. The summed E-state index contributed by atoms with van der Waals surface area (Å²) < 4.78 is 15.1. The smallest absolute Gasteiger partial charge is 0.282 e. The molecule has 0 aromatic heterocycles. The number of aliphatic hydroxyl groups is 1. The third-order valence-corrected chi connectivity index (χ3v) is 10.2. The summed E-state index contributed by atoms with van der Waals surface area (Å²) in [6.45, 7) is 8.77. The summed E-state index contributed by atoms with van der Waals surface area (Å²) in [5, 5.41) is 16.8. The first kappa shape index (κ1) is 23.4. The number of rotatable bonds is 3. The third kappa shape index (κ3) is 2.50. The molecule has 5 heteroatoms. The Balaban J connectivity index is 1.44. The minimum Gasteiger partial charge on any atom is -0.476 e. The van der Waals surface area contributed by atoms with E-state index in [4.69, 9.17) is 14.5 Å². The number of fused-ring (bicyclic) bond motifs is 13. The van der Waals surface area contributed by atoms with Crippen LogP contribution >= 0.6 is 0 Å². The highest BCUT2D eigenvalue weighted by Gasteiger charge is 2.92. The fraction of sp³-hybridized carbons (Fsp3) is 0.353.